The van der Waals surface area contributed by atoms with Crippen LogP contribution in [0, 0.1) is 12.8 Å². The second kappa shape index (κ2) is 14.6. The van der Waals surface area contributed by atoms with Gasteiger partial charge in [-0.1, -0.05) is 42.8 Å². The maximum atomic E-state index is 13.1. The fourth-order valence-electron chi connectivity index (χ4n) is 5.07. The Kier molecular flexibility index (Phi) is 12.4. The molecule has 1 aliphatic rings. The van der Waals surface area contributed by atoms with Crippen molar-refractivity contribution in [1.29, 1.82) is 0 Å². The van der Waals surface area contributed by atoms with Crippen molar-refractivity contribution in [2.24, 2.45) is 5.92 Å². The molecule has 2 unspecified atom stereocenters. The van der Waals surface area contributed by atoms with Crippen LogP contribution in [-0.2, 0) is 27.4 Å². The van der Waals surface area contributed by atoms with E-state index in [2.05, 4.69) is 16.5 Å². The molecule has 1 saturated heterocycles. The first-order valence-electron chi connectivity index (χ1n) is 13.1. The van der Waals surface area contributed by atoms with Gasteiger partial charge in [-0.2, -0.15) is 17.9 Å². The Balaban J connectivity index is 0.00000533. The lowest BCUT2D eigenvalue weighted by molar-refractivity contribution is -0.137. The van der Waals surface area contributed by atoms with Crippen LogP contribution in [0.25, 0.3) is 0 Å². The van der Waals surface area contributed by atoms with E-state index in [1.54, 1.807) is 30.3 Å². The third kappa shape index (κ3) is 9.56. The van der Waals surface area contributed by atoms with Crippen molar-refractivity contribution in [3.8, 4) is 0 Å². The summed E-state index contributed by atoms with van der Waals surface area (Å²) in [5.41, 5.74) is 0.999. The van der Waals surface area contributed by atoms with Gasteiger partial charge in [0.1, 0.15) is 6.29 Å². The first-order valence-corrected chi connectivity index (χ1v) is 14.6. The maximum Gasteiger partial charge on any atom is 0.416 e. The zero-order valence-corrected chi connectivity index (χ0v) is 24.3. The average Bonchev–Trinajstić information content (AvgIpc) is 2.87. The quantitative estimate of drug-likeness (QED) is 0.341. The minimum absolute atomic E-state index is 0. The Morgan fingerprint density at radius 2 is 1.77 bits per heavy atom. The van der Waals surface area contributed by atoms with Crippen LogP contribution in [0.1, 0.15) is 49.8 Å². The number of carbonyl (C=O) groups is 1. The number of benzene rings is 2. The maximum absolute atomic E-state index is 13.1. The van der Waals surface area contributed by atoms with Crippen LogP contribution in [0.3, 0.4) is 0 Å². The Bertz CT molecular complexity index is 1150. The summed E-state index contributed by atoms with van der Waals surface area (Å²) in [5.74, 6) is 0.376. The smallest absolute Gasteiger partial charge is 0.303 e. The van der Waals surface area contributed by atoms with E-state index in [-0.39, 0.29) is 29.8 Å². The van der Waals surface area contributed by atoms with Crippen molar-refractivity contribution < 1.29 is 26.4 Å². The van der Waals surface area contributed by atoms with E-state index >= 15 is 0 Å². The van der Waals surface area contributed by atoms with Crippen molar-refractivity contribution in [3.63, 3.8) is 0 Å². The number of likely N-dealkylation sites (tertiary alicyclic amines) is 1. The summed E-state index contributed by atoms with van der Waals surface area (Å²) in [6.07, 6.45) is -1.95. The summed E-state index contributed by atoms with van der Waals surface area (Å²) >= 11 is 0. The highest BCUT2D eigenvalue weighted by Gasteiger charge is 2.31. The van der Waals surface area contributed by atoms with Crippen LogP contribution in [0.5, 0.6) is 0 Å². The number of halogens is 4. The number of hydrogen-bond acceptors (Lipinski definition) is 5. The lowest BCUT2D eigenvalue weighted by atomic mass is 9.94. The molecule has 0 saturated carbocycles. The van der Waals surface area contributed by atoms with Crippen molar-refractivity contribution in [2.75, 3.05) is 26.2 Å². The van der Waals surface area contributed by atoms with Crippen molar-refractivity contribution in [3.05, 3.63) is 65.2 Å². The zero-order valence-electron chi connectivity index (χ0n) is 22.7. The monoisotopic (exact) mass is 589 g/mol. The number of likely N-dealkylation sites (N-methyl/N-ethyl adjacent to an activating group) is 1. The zero-order chi connectivity index (χ0) is 27.9. The van der Waals surface area contributed by atoms with Gasteiger partial charge in [0.2, 0.25) is 10.0 Å². The second-order valence-corrected chi connectivity index (χ2v) is 11.9. The molecule has 6 nitrogen and oxygen atoms in total. The molecule has 39 heavy (non-hydrogen) atoms. The number of alkyl halides is 3. The van der Waals surface area contributed by atoms with Crippen molar-refractivity contribution in [2.45, 2.75) is 69.7 Å². The molecule has 0 aromatic heterocycles. The fraction of sp³-hybridized carbons (Fsp3) is 0.536. The van der Waals surface area contributed by atoms with Crippen LogP contribution in [-0.4, -0.2) is 62.9 Å². The number of piperidine rings is 1. The van der Waals surface area contributed by atoms with Crippen LogP contribution >= 0.6 is 12.4 Å². The number of nitrogens with one attached hydrogen (secondary N) is 1. The van der Waals surface area contributed by atoms with Gasteiger partial charge in [0.25, 0.3) is 0 Å². The summed E-state index contributed by atoms with van der Waals surface area (Å²) in [4.78, 5) is 15.8. The van der Waals surface area contributed by atoms with Crippen LogP contribution < -0.4 is 4.72 Å². The van der Waals surface area contributed by atoms with E-state index in [0.717, 1.165) is 43.8 Å². The molecule has 0 aliphatic carbocycles. The van der Waals surface area contributed by atoms with Gasteiger partial charge in [-0.3, -0.25) is 4.90 Å². The minimum atomic E-state index is -4.35. The molecule has 1 fully saturated rings. The third-order valence-electron chi connectivity index (χ3n) is 7.34. The normalized spacial score (nSPS) is 17.0. The van der Waals surface area contributed by atoms with Crippen LogP contribution in [0.4, 0.5) is 13.2 Å². The van der Waals surface area contributed by atoms with Gasteiger partial charge in [0.15, 0.2) is 0 Å². The predicted octanol–water partition coefficient (Wildman–Crippen LogP) is 5.29. The Morgan fingerprint density at radius 1 is 1.13 bits per heavy atom. The SMILES string of the molecule is CCN(CC1CCN(C(CC=O)NS(=O)(=O)c2ccc(C)cc2)CC1)C(C)Cc1cccc(C(F)(F)F)c1.Cl. The lowest BCUT2D eigenvalue weighted by Gasteiger charge is -2.39. The molecule has 0 bridgehead atoms. The van der Waals surface area contributed by atoms with E-state index in [0.29, 0.717) is 31.0 Å². The molecular formula is C28H39ClF3N3O3S. The van der Waals surface area contributed by atoms with E-state index < -0.39 is 27.9 Å². The number of hydrogen-bond donors (Lipinski definition) is 1. The number of carbonyl (C=O) groups excluding carboxylic acids is 1. The molecule has 2 atom stereocenters. The molecule has 0 amide bonds. The van der Waals surface area contributed by atoms with Gasteiger partial charge in [0.05, 0.1) is 16.6 Å². The summed E-state index contributed by atoms with van der Waals surface area (Å²) in [7, 11) is -3.77. The molecule has 218 valence electrons. The van der Waals surface area contributed by atoms with E-state index in [1.165, 1.54) is 12.1 Å². The molecule has 3 rings (SSSR count). The molecule has 11 heteroatoms. The van der Waals surface area contributed by atoms with Crippen LogP contribution in [0.2, 0.25) is 0 Å². The Morgan fingerprint density at radius 3 is 2.33 bits per heavy atom. The molecule has 2 aromatic rings. The first kappa shape index (κ1) is 33.2. The van der Waals surface area contributed by atoms with Crippen molar-refractivity contribution >= 4 is 28.7 Å². The minimum Gasteiger partial charge on any atom is -0.303 e. The lowest BCUT2D eigenvalue weighted by Crippen LogP contribution is -2.52. The molecular weight excluding hydrogens is 551 g/mol. The highest BCUT2D eigenvalue weighted by molar-refractivity contribution is 7.89. The predicted molar refractivity (Wildman–Crippen MR) is 149 cm³/mol. The first-order chi connectivity index (χ1) is 17.9. The largest absolute Gasteiger partial charge is 0.416 e. The third-order valence-corrected chi connectivity index (χ3v) is 8.81. The number of rotatable bonds is 12. The highest BCUT2D eigenvalue weighted by atomic mass is 35.5. The van der Waals surface area contributed by atoms with E-state index in [1.807, 2.05) is 18.7 Å². The molecule has 0 spiro atoms. The standard InChI is InChI=1S/C28H38F3N3O3S.ClH/c1-4-33(22(3)18-24-6-5-7-25(19-24)28(29,30)31)20-23-12-15-34(16-13-23)27(14-17-35)32-38(36,37)26-10-8-21(2)9-11-26;/h5-11,17,19,22-23,27,32H,4,12-16,18,20H2,1-3H3;1H. The summed E-state index contributed by atoms with van der Waals surface area (Å²) in [5, 5.41) is 0. The van der Waals surface area contributed by atoms with Gasteiger partial charge < -0.3 is 9.69 Å². The Hall–Kier alpha value is -1.98. The highest BCUT2D eigenvalue weighted by Crippen LogP contribution is 2.30. The van der Waals surface area contributed by atoms with Gasteiger partial charge in [-0.25, -0.2) is 8.42 Å². The van der Waals surface area contributed by atoms with Gasteiger partial charge in [-0.05, 0) is 82.4 Å². The van der Waals surface area contributed by atoms with Gasteiger partial charge in [-0.15, -0.1) is 12.4 Å². The summed E-state index contributed by atoms with van der Waals surface area (Å²) in [6.45, 7) is 8.88. The van der Waals surface area contributed by atoms with Gasteiger partial charge in [0, 0.05) is 19.0 Å². The molecule has 2 aromatic carbocycles. The summed E-state index contributed by atoms with van der Waals surface area (Å²) < 4.78 is 67.8. The van der Waals surface area contributed by atoms with E-state index in [9.17, 15) is 26.4 Å². The fourth-order valence-corrected chi connectivity index (χ4v) is 6.31. The Labute approximate surface area is 236 Å². The molecule has 1 heterocycles. The number of nitrogens with zero attached hydrogens (tertiary/aromatic N) is 2. The summed E-state index contributed by atoms with van der Waals surface area (Å²) in [6, 6.07) is 12.2. The second-order valence-electron chi connectivity index (χ2n) is 10.2. The molecule has 0 radical (unpaired) electrons. The number of aryl methyl sites for hydroxylation is 1. The molecule has 1 N–H and O–H groups in total. The van der Waals surface area contributed by atoms with Crippen LogP contribution in [0.15, 0.2) is 53.4 Å². The van der Waals surface area contributed by atoms with Gasteiger partial charge >= 0.3 is 6.18 Å². The average molecular weight is 590 g/mol. The van der Waals surface area contributed by atoms with Crippen molar-refractivity contribution in [1.82, 2.24) is 14.5 Å². The number of sulfonamides is 1. The molecule has 1 aliphatic heterocycles. The number of aldehydes is 1. The van der Waals surface area contributed by atoms with E-state index in [4.69, 9.17) is 0 Å². The topological polar surface area (TPSA) is 69.7 Å².